The van der Waals surface area contributed by atoms with E-state index in [1.54, 1.807) is 12.3 Å². The van der Waals surface area contributed by atoms with Gasteiger partial charge in [-0.25, -0.2) is 0 Å². The number of nitrogens with zero attached hydrogens (tertiary/aromatic N) is 2. The van der Waals surface area contributed by atoms with Gasteiger partial charge in [-0.15, -0.1) is 11.3 Å². The van der Waals surface area contributed by atoms with Crippen molar-refractivity contribution < 1.29 is 4.79 Å². The van der Waals surface area contributed by atoms with Crippen molar-refractivity contribution in [1.82, 2.24) is 9.78 Å². The van der Waals surface area contributed by atoms with Crippen molar-refractivity contribution in [2.75, 3.05) is 5.73 Å². The van der Waals surface area contributed by atoms with Gasteiger partial charge in [-0.3, -0.25) is 4.79 Å². The molecule has 2 N–H and O–H groups in total. The first-order chi connectivity index (χ1) is 8.66. The Balaban J connectivity index is 2.16. The van der Waals surface area contributed by atoms with Crippen molar-refractivity contribution >= 4 is 33.8 Å². The fourth-order valence-electron chi connectivity index (χ4n) is 1.90. The van der Waals surface area contributed by atoms with Gasteiger partial charge in [-0.1, -0.05) is 0 Å². The lowest BCUT2D eigenvalue weighted by Crippen LogP contribution is -2.12. The molecule has 0 bridgehead atoms. The molecule has 2 aromatic heterocycles. The van der Waals surface area contributed by atoms with Gasteiger partial charge in [-0.05, 0) is 42.1 Å². The average Bonchev–Trinajstić information content (AvgIpc) is 2.94. The minimum Gasteiger partial charge on any atom is -0.399 e. The maximum absolute atomic E-state index is 12.4. The van der Waals surface area contributed by atoms with Crippen LogP contribution < -0.4 is 5.73 Å². The largest absolute Gasteiger partial charge is 0.399 e. The number of hydrogen-bond donors (Lipinski definition) is 1. The number of aromatic nitrogens is 2. The highest BCUT2D eigenvalue weighted by Crippen LogP contribution is 2.21. The Bertz CT molecular complexity index is 742. The van der Waals surface area contributed by atoms with Gasteiger partial charge >= 0.3 is 0 Å². The molecule has 0 aliphatic heterocycles. The summed E-state index contributed by atoms with van der Waals surface area (Å²) in [6.07, 6.45) is 1.66. The molecule has 0 fully saturated rings. The number of aryl methyl sites for hydroxylation is 1. The van der Waals surface area contributed by atoms with Gasteiger partial charge in [0.2, 0.25) is 0 Å². The molecule has 0 atom stereocenters. The Morgan fingerprint density at radius 1 is 1.39 bits per heavy atom. The number of nitrogen functional groups attached to an aromatic ring is 1. The third kappa shape index (κ3) is 1.60. The predicted molar refractivity (Wildman–Crippen MR) is 72.9 cm³/mol. The maximum Gasteiger partial charge on any atom is 0.289 e. The topological polar surface area (TPSA) is 60.9 Å². The molecule has 3 rings (SSSR count). The fraction of sp³-hybridized carbons (Fsp3) is 0.0769. The smallest absolute Gasteiger partial charge is 0.289 e. The molecule has 2 heterocycles. The van der Waals surface area contributed by atoms with Gasteiger partial charge in [0.1, 0.15) is 0 Å². The van der Waals surface area contributed by atoms with Crippen LogP contribution in [0.5, 0.6) is 0 Å². The number of anilines is 1. The van der Waals surface area contributed by atoms with E-state index in [-0.39, 0.29) is 5.91 Å². The van der Waals surface area contributed by atoms with Crippen molar-refractivity contribution in [3.63, 3.8) is 0 Å². The lowest BCUT2D eigenvalue weighted by atomic mass is 10.2. The molecule has 0 radical (unpaired) electrons. The van der Waals surface area contributed by atoms with Crippen LogP contribution in [-0.4, -0.2) is 15.7 Å². The Kier molecular flexibility index (Phi) is 2.41. The average molecular weight is 257 g/mol. The molecule has 0 aliphatic rings. The van der Waals surface area contributed by atoms with Crippen LogP contribution in [0, 0.1) is 6.92 Å². The number of thiophene rings is 1. The van der Waals surface area contributed by atoms with E-state index in [9.17, 15) is 4.79 Å². The standard InChI is InChI=1S/C13H11N3OS/c1-8-4-5-18-12(8)13(17)16-11-3-2-10(14)6-9(11)7-15-16/h2-7H,14H2,1H3. The van der Waals surface area contributed by atoms with Gasteiger partial charge in [-0.2, -0.15) is 9.78 Å². The fourth-order valence-corrected chi connectivity index (χ4v) is 2.75. The highest BCUT2D eigenvalue weighted by molar-refractivity contribution is 7.12. The van der Waals surface area contributed by atoms with Crippen molar-refractivity contribution in [3.05, 3.63) is 46.3 Å². The number of benzene rings is 1. The quantitative estimate of drug-likeness (QED) is 0.682. The van der Waals surface area contributed by atoms with Crippen LogP contribution >= 0.6 is 11.3 Å². The molecule has 4 nitrogen and oxygen atoms in total. The zero-order valence-electron chi connectivity index (χ0n) is 9.75. The number of rotatable bonds is 1. The van der Waals surface area contributed by atoms with E-state index in [1.165, 1.54) is 16.0 Å². The first-order valence-electron chi connectivity index (χ1n) is 5.49. The lowest BCUT2D eigenvalue weighted by Gasteiger charge is -2.01. The van der Waals surface area contributed by atoms with E-state index in [2.05, 4.69) is 5.10 Å². The molecule has 18 heavy (non-hydrogen) atoms. The number of carbonyl (C=O) groups excluding carboxylic acids is 1. The molecular formula is C13H11N3OS. The lowest BCUT2D eigenvalue weighted by molar-refractivity contribution is 0.0954. The summed E-state index contributed by atoms with van der Waals surface area (Å²) < 4.78 is 1.42. The monoisotopic (exact) mass is 257 g/mol. The molecule has 0 saturated carbocycles. The van der Waals surface area contributed by atoms with E-state index < -0.39 is 0 Å². The summed E-state index contributed by atoms with van der Waals surface area (Å²) >= 11 is 1.43. The van der Waals surface area contributed by atoms with Gasteiger partial charge in [0.25, 0.3) is 5.91 Å². The zero-order valence-corrected chi connectivity index (χ0v) is 10.6. The Hall–Kier alpha value is -2.14. The number of hydrogen-bond acceptors (Lipinski definition) is 4. The summed E-state index contributed by atoms with van der Waals surface area (Å²) in [5, 5.41) is 6.93. The third-order valence-corrected chi connectivity index (χ3v) is 3.85. The van der Waals surface area contributed by atoms with Crippen LogP contribution in [-0.2, 0) is 0 Å². The molecule has 5 heteroatoms. The second kappa shape index (κ2) is 3.96. The Morgan fingerprint density at radius 3 is 2.94 bits per heavy atom. The molecule has 1 aromatic carbocycles. The van der Waals surface area contributed by atoms with E-state index >= 15 is 0 Å². The van der Waals surface area contributed by atoms with E-state index in [4.69, 9.17) is 5.73 Å². The minimum atomic E-state index is -0.0951. The highest BCUT2D eigenvalue weighted by atomic mass is 32.1. The molecule has 90 valence electrons. The Morgan fingerprint density at radius 2 is 2.22 bits per heavy atom. The predicted octanol–water partition coefficient (Wildman–Crippen LogP) is 2.68. The van der Waals surface area contributed by atoms with Crippen LogP contribution in [0.2, 0.25) is 0 Å². The van der Waals surface area contributed by atoms with Crippen LogP contribution in [0.15, 0.2) is 35.8 Å². The van der Waals surface area contributed by atoms with Crippen molar-refractivity contribution in [1.29, 1.82) is 0 Å². The summed E-state index contributed by atoms with van der Waals surface area (Å²) in [5.41, 5.74) is 8.13. The number of nitrogens with two attached hydrogens (primary N) is 1. The number of fused-ring (bicyclic) bond motifs is 1. The minimum absolute atomic E-state index is 0.0951. The van der Waals surface area contributed by atoms with Gasteiger partial charge in [0.05, 0.1) is 16.6 Å². The van der Waals surface area contributed by atoms with Crippen LogP contribution in [0.25, 0.3) is 10.9 Å². The molecule has 3 aromatic rings. The first-order valence-corrected chi connectivity index (χ1v) is 6.37. The van der Waals surface area contributed by atoms with Crippen molar-refractivity contribution in [3.8, 4) is 0 Å². The Labute approximate surface area is 108 Å². The van der Waals surface area contributed by atoms with E-state index in [0.717, 1.165) is 21.3 Å². The summed E-state index contributed by atoms with van der Waals surface area (Å²) in [5.74, 6) is -0.0951. The SMILES string of the molecule is Cc1ccsc1C(=O)n1ncc2cc(N)ccc21. The van der Waals surface area contributed by atoms with Crippen molar-refractivity contribution in [2.24, 2.45) is 0 Å². The van der Waals surface area contributed by atoms with Gasteiger partial charge in [0.15, 0.2) is 0 Å². The second-order valence-electron chi connectivity index (χ2n) is 4.11. The van der Waals surface area contributed by atoms with E-state index in [1.807, 2.05) is 30.5 Å². The molecular weight excluding hydrogens is 246 g/mol. The molecule has 0 saturated heterocycles. The second-order valence-corrected chi connectivity index (χ2v) is 5.03. The van der Waals surface area contributed by atoms with E-state index in [0.29, 0.717) is 5.69 Å². The normalized spacial score (nSPS) is 10.9. The van der Waals surface area contributed by atoms with Crippen LogP contribution in [0.3, 0.4) is 0 Å². The van der Waals surface area contributed by atoms with Crippen molar-refractivity contribution in [2.45, 2.75) is 6.92 Å². The summed E-state index contributed by atoms with van der Waals surface area (Å²) in [6.45, 7) is 1.92. The van der Waals surface area contributed by atoms with Crippen LogP contribution in [0.4, 0.5) is 5.69 Å². The molecule has 0 amide bonds. The third-order valence-electron chi connectivity index (χ3n) is 2.84. The molecule has 0 unspecified atom stereocenters. The van der Waals surface area contributed by atoms with Gasteiger partial charge < -0.3 is 5.73 Å². The number of carbonyl (C=O) groups is 1. The summed E-state index contributed by atoms with van der Waals surface area (Å²) in [7, 11) is 0. The molecule has 0 aliphatic carbocycles. The highest BCUT2D eigenvalue weighted by Gasteiger charge is 2.16. The van der Waals surface area contributed by atoms with Gasteiger partial charge in [0, 0.05) is 11.1 Å². The van der Waals surface area contributed by atoms with Crippen LogP contribution in [0.1, 0.15) is 15.2 Å². The molecule has 0 spiro atoms. The summed E-state index contributed by atoms with van der Waals surface area (Å²) in [4.78, 5) is 13.1. The maximum atomic E-state index is 12.4. The first kappa shape index (κ1) is 11.0. The summed E-state index contributed by atoms with van der Waals surface area (Å²) in [6, 6.07) is 7.34. The zero-order chi connectivity index (χ0) is 12.7.